The number of carbonyl (C=O) groups is 1. The summed E-state index contributed by atoms with van der Waals surface area (Å²) < 4.78 is 8.25. The van der Waals surface area contributed by atoms with Gasteiger partial charge in [0.15, 0.2) is 0 Å². The van der Waals surface area contributed by atoms with Crippen molar-refractivity contribution in [2.24, 2.45) is 0 Å². The zero-order valence-corrected chi connectivity index (χ0v) is 21.1. The Morgan fingerprint density at radius 2 is 1.56 bits per heavy atom. The first-order chi connectivity index (χ1) is 16.3. The van der Waals surface area contributed by atoms with Gasteiger partial charge in [-0.1, -0.05) is 53.1 Å². The summed E-state index contributed by atoms with van der Waals surface area (Å²) in [5.41, 5.74) is 9.37. The molecule has 0 spiro atoms. The molecule has 1 amide bonds. The standard InChI is InChI=1S/C30H34N2O2/c1-7-31(8-2)30(33)34-28-12-11-27-26(29(28)24-17-21(4)15-22(5)18-24)13-14-32(27)19-25-16-20(3)9-10-23(25)6/h9-18H,7-8,19H2,1-6H3. The van der Waals surface area contributed by atoms with E-state index in [-0.39, 0.29) is 6.09 Å². The van der Waals surface area contributed by atoms with E-state index in [9.17, 15) is 4.79 Å². The summed E-state index contributed by atoms with van der Waals surface area (Å²) in [7, 11) is 0. The van der Waals surface area contributed by atoms with Crippen LogP contribution in [0.5, 0.6) is 5.75 Å². The second-order valence-corrected chi connectivity index (χ2v) is 9.16. The van der Waals surface area contributed by atoms with Crippen molar-refractivity contribution in [1.29, 1.82) is 0 Å². The number of aryl methyl sites for hydroxylation is 4. The van der Waals surface area contributed by atoms with Gasteiger partial charge >= 0.3 is 6.09 Å². The largest absolute Gasteiger partial charge is 0.415 e. The maximum Gasteiger partial charge on any atom is 0.415 e. The van der Waals surface area contributed by atoms with Gasteiger partial charge in [-0.3, -0.25) is 0 Å². The van der Waals surface area contributed by atoms with E-state index < -0.39 is 0 Å². The monoisotopic (exact) mass is 454 g/mol. The Kier molecular flexibility index (Phi) is 6.78. The van der Waals surface area contributed by atoms with E-state index in [0.29, 0.717) is 18.8 Å². The molecule has 0 fully saturated rings. The van der Waals surface area contributed by atoms with Gasteiger partial charge in [0.25, 0.3) is 0 Å². The van der Waals surface area contributed by atoms with Gasteiger partial charge in [-0.2, -0.15) is 0 Å². The highest BCUT2D eigenvalue weighted by Gasteiger charge is 2.19. The van der Waals surface area contributed by atoms with Crippen LogP contribution >= 0.6 is 0 Å². The molecule has 0 aliphatic carbocycles. The minimum absolute atomic E-state index is 0.315. The molecule has 3 aromatic carbocycles. The van der Waals surface area contributed by atoms with Crippen molar-refractivity contribution in [3.63, 3.8) is 0 Å². The van der Waals surface area contributed by atoms with Crippen LogP contribution in [0.3, 0.4) is 0 Å². The van der Waals surface area contributed by atoms with Crippen LogP contribution in [0.4, 0.5) is 4.79 Å². The Balaban J connectivity index is 1.86. The molecule has 4 nitrogen and oxygen atoms in total. The van der Waals surface area contributed by atoms with Crippen molar-refractivity contribution in [2.75, 3.05) is 13.1 Å². The van der Waals surface area contributed by atoms with Crippen LogP contribution in [0.15, 0.2) is 60.8 Å². The normalized spacial score (nSPS) is 11.1. The second-order valence-electron chi connectivity index (χ2n) is 9.16. The molecule has 0 N–H and O–H groups in total. The lowest BCUT2D eigenvalue weighted by molar-refractivity contribution is 0.157. The van der Waals surface area contributed by atoms with Crippen molar-refractivity contribution >= 4 is 17.0 Å². The van der Waals surface area contributed by atoms with Gasteiger partial charge in [-0.05, 0) is 76.4 Å². The lowest BCUT2D eigenvalue weighted by Gasteiger charge is -2.20. The first kappa shape index (κ1) is 23.6. The molecule has 0 saturated carbocycles. The first-order valence-electron chi connectivity index (χ1n) is 12.0. The van der Waals surface area contributed by atoms with Crippen LogP contribution < -0.4 is 4.74 Å². The predicted molar refractivity (Wildman–Crippen MR) is 141 cm³/mol. The fourth-order valence-electron chi connectivity index (χ4n) is 4.69. The number of nitrogens with zero attached hydrogens (tertiary/aromatic N) is 2. The van der Waals surface area contributed by atoms with Crippen LogP contribution in [0.2, 0.25) is 0 Å². The number of ether oxygens (including phenoxy) is 1. The quantitative estimate of drug-likeness (QED) is 0.304. The molecule has 1 aromatic heterocycles. The third kappa shape index (κ3) is 4.72. The fraction of sp³-hybridized carbons (Fsp3) is 0.300. The number of hydrogen-bond donors (Lipinski definition) is 0. The van der Waals surface area contributed by atoms with E-state index in [1.807, 2.05) is 19.9 Å². The minimum atomic E-state index is -0.315. The SMILES string of the molecule is CCN(CC)C(=O)Oc1ccc2c(ccn2Cc2cc(C)ccc2C)c1-c1cc(C)cc(C)c1. The Morgan fingerprint density at radius 1 is 0.853 bits per heavy atom. The molecule has 176 valence electrons. The number of amides is 1. The summed E-state index contributed by atoms with van der Waals surface area (Å²) in [5, 5.41) is 1.08. The maximum atomic E-state index is 12.8. The van der Waals surface area contributed by atoms with Crippen molar-refractivity contribution < 1.29 is 9.53 Å². The molecular formula is C30H34N2O2. The van der Waals surface area contributed by atoms with Gasteiger partial charge in [-0.15, -0.1) is 0 Å². The summed E-state index contributed by atoms with van der Waals surface area (Å²) in [5.74, 6) is 0.596. The number of fused-ring (bicyclic) bond motifs is 1. The molecule has 0 atom stereocenters. The molecule has 0 radical (unpaired) electrons. The van der Waals surface area contributed by atoms with Crippen molar-refractivity contribution in [3.8, 4) is 16.9 Å². The summed E-state index contributed by atoms with van der Waals surface area (Å²) >= 11 is 0. The van der Waals surface area contributed by atoms with Gasteiger partial charge in [-0.25, -0.2) is 4.79 Å². The van der Waals surface area contributed by atoms with Crippen LogP contribution in [-0.2, 0) is 6.54 Å². The third-order valence-corrected chi connectivity index (χ3v) is 6.49. The summed E-state index contributed by atoms with van der Waals surface area (Å²) in [6.45, 7) is 14.4. The topological polar surface area (TPSA) is 34.5 Å². The summed E-state index contributed by atoms with van der Waals surface area (Å²) in [4.78, 5) is 14.5. The molecule has 4 rings (SSSR count). The van der Waals surface area contributed by atoms with Crippen LogP contribution in [0, 0.1) is 27.7 Å². The maximum absolute atomic E-state index is 12.8. The Morgan fingerprint density at radius 3 is 2.24 bits per heavy atom. The molecule has 4 heteroatoms. The van der Waals surface area contributed by atoms with Crippen LogP contribution in [0.25, 0.3) is 22.0 Å². The molecule has 0 saturated heterocycles. The van der Waals surface area contributed by atoms with Gasteiger partial charge in [0.05, 0.1) is 0 Å². The van der Waals surface area contributed by atoms with Crippen LogP contribution in [-0.4, -0.2) is 28.6 Å². The Labute approximate surface area is 202 Å². The average molecular weight is 455 g/mol. The van der Waals surface area contributed by atoms with E-state index in [1.165, 1.54) is 27.8 Å². The number of hydrogen-bond acceptors (Lipinski definition) is 2. The zero-order chi connectivity index (χ0) is 24.4. The third-order valence-electron chi connectivity index (χ3n) is 6.49. The highest BCUT2D eigenvalue weighted by molar-refractivity contribution is 6.00. The molecule has 0 aliphatic heterocycles. The van der Waals surface area contributed by atoms with Crippen molar-refractivity contribution in [2.45, 2.75) is 48.1 Å². The first-order valence-corrected chi connectivity index (χ1v) is 12.0. The molecule has 4 aromatic rings. The smallest absolute Gasteiger partial charge is 0.410 e. The molecule has 0 unspecified atom stereocenters. The van der Waals surface area contributed by atoms with E-state index in [2.05, 4.69) is 87.0 Å². The fourth-order valence-corrected chi connectivity index (χ4v) is 4.69. The van der Waals surface area contributed by atoms with Crippen molar-refractivity contribution in [1.82, 2.24) is 9.47 Å². The van der Waals surface area contributed by atoms with E-state index in [0.717, 1.165) is 28.6 Å². The number of benzene rings is 3. The second kappa shape index (κ2) is 9.76. The lowest BCUT2D eigenvalue weighted by atomic mass is 9.97. The van der Waals surface area contributed by atoms with Gasteiger partial charge in [0.2, 0.25) is 0 Å². The molecule has 0 aliphatic rings. The molecule has 1 heterocycles. The highest BCUT2D eigenvalue weighted by atomic mass is 16.6. The Bertz CT molecular complexity index is 1330. The number of aromatic nitrogens is 1. The number of rotatable bonds is 6. The molecule has 34 heavy (non-hydrogen) atoms. The van der Waals surface area contributed by atoms with E-state index >= 15 is 0 Å². The van der Waals surface area contributed by atoms with Gasteiger partial charge in [0.1, 0.15) is 5.75 Å². The van der Waals surface area contributed by atoms with E-state index in [4.69, 9.17) is 4.74 Å². The number of carbonyl (C=O) groups excluding carboxylic acids is 1. The zero-order valence-electron chi connectivity index (χ0n) is 21.1. The Hall–Kier alpha value is -3.53. The highest BCUT2D eigenvalue weighted by Crippen LogP contribution is 2.39. The summed E-state index contributed by atoms with van der Waals surface area (Å²) in [6, 6.07) is 19.2. The minimum Gasteiger partial charge on any atom is -0.410 e. The molecular weight excluding hydrogens is 420 g/mol. The van der Waals surface area contributed by atoms with Crippen molar-refractivity contribution in [3.05, 3.63) is 88.6 Å². The average Bonchev–Trinajstić information content (AvgIpc) is 3.19. The summed E-state index contributed by atoms with van der Waals surface area (Å²) in [6.07, 6.45) is 1.82. The molecule has 0 bridgehead atoms. The van der Waals surface area contributed by atoms with E-state index in [1.54, 1.807) is 4.90 Å². The predicted octanol–water partition coefficient (Wildman–Crippen LogP) is 7.43. The van der Waals surface area contributed by atoms with Crippen LogP contribution in [0.1, 0.15) is 41.7 Å². The van der Waals surface area contributed by atoms with Gasteiger partial charge in [0, 0.05) is 42.3 Å². The van der Waals surface area contributed by atoms with Gasteiger partial charge < -0.3 is 14.2 Å². The lowest BCUT2D eigenvalue weighted by Crippen LogP contribution is -2.33.